The van der Waals surface area contributed by atoms with Gasteiger partial charge >= 0.3 is 0 Å². The van der Waals surface area contributed by atoms with Crippen molar-refractivity contribution in [3.63, 3.8) is 0 Å². The number of para-hydroxylation sites is 1. The van der Waals surface area contributed by atoms with E-state index in [4.69, 9.17) is 10.9 Å². The average Bonchev–Trinajstić information content (AvgIpc) is 2.37. The molecule has 0 atom stereocenters. The lowest BCUT2D eigenvalue weighted by Crippen LogP contribution is -2.33. The first kappa shape index (κ1) is 15.3. The molecule has 4 nitrogen and oxygen atoms in total. The Morgan fingerprint density at radius 3 is 2.58 bits per heavy atom. The zero-order valence-electron chi connectivity index (χ0n) is 12.3. The first-order valence-corrected chi connectivity index (χ1v) is 6.69. The summed E-state index contributed by atoms with van der Waals surface area (Å²) in [6.45, 7) is 9.09. The van der Waals surface area contributed by atoms with Gasteiger partial charge in [0.1, 0.15) is 5.84 Å². The summed E-state index contributed by atoms with van der Waals surface area (Å²) in [5.74, 6) is 0.757. The van der Waals surface area contributed by atoms with Gasteiger partial charge in [0.25, 0.3) is 0 Å². The van der Waals surface area contributed by atoms with E-state index >= 15 is 0 Å². The van der Waals surface area contributed by atoms with Gasteiger partial charge in [-0.2, -0.15) is 0 Å². The minimum absolute atomic E-state index is 0.270. The molecule has 4 heteroatoms. The number of nitrogens with zero attached hydrogens (tertiary/aromatic N) is 1. The molecule has 0 spiro atoms. The van der Waals surface area contributed by atoms with Crippen LogP contribution in [0.5, 0.6) is 0 Å². The highest BCUT2D eigenvalue weighted by Gasteiger charge is 2.23. The van der Waals surface area contributed by atoms with Crippen LogP contribution in [0.4, 0.5) is 5.69 Å². The molecule has 0 saturated carbocycles. The molecule has 0 saturated heterocycles. The second-order valence-electron chi connectivity index (χ2n) is 5.79. The molecular weight excluding hydrogens is 238 g/mol. The van der Waals surface area contributed by atoms with Gasteiger partial charge in [-0.15, -0.1) is 0 Å². The normalized spacial score (nSPS) is 12.8. The lowest BCUT2D eigenvalue weighted by atomic mass is 9.88. The maximum Gasteiger partial charge on any atom is 0.144 e. The van der Waals surface area contributed by atoms with Crippen molar-refractivity contribution in [2.24, 2.45) is 16.3 Å². The van der Waals surface area contributed by atoms with Crippen LogP contribution in [0.3, 0.4) is 0 Å². The Balaban J connectivity index is 2.64. The zero-order valence-corrected chi connectivity index (χ0v) is 12.3. The average molecular weight is 263 g/mol. The van der Waals surface area contributed by atoms with Crippen molar-refractivity contribution >= 4 is 11.5 Å². The molecule has 106 valence electrons. The van der Waals surface area contributed by atoms with Crippen LogP contribution >= 0.6 is 0 Å². The molecule has 0 fully saturated rings. The summed E-state index contributed by atoms with van der Waals surface area (Å²) < 4.78 is 0. The summed E-state index contributed by atoms with van der Waals surface area (Å²) in [4.78, 5) is 0. The van der Waals surface area contributed by atoms with Crippen molar-refractivity contribution in [2.45, 2.75) is 40.0 Å². The van der Waals surface area contributed by atoms with Gasteiger partial charge in [0.2, 0.25) is 0 Å². The first-order chi connectivity index (χ1) is 8.88. The molecule has 0 bridgehead atoms. The summed E-state index contributed by atoms with van der Waals surface area (Å²) >= 11 is 0. The van der Waals surface area contributed by atoms with E-state index in [2.05, 4.69) is 42.5 Å². The Bertz CT molecular complexity index is 439. The van der Waals surface area contributed by atoms with E-state index in [1.165, 1.54) is 5.56 Å². The summed E-state index contributed by atoms with van der Waals surface area (Å²) in [5, 5.41) is 15.3. The summed E-state index contributed by atoms with van der Waals surface area (Å²) in [7, 11) is 0. The van der Waals surface area contributed by atoms with Gasteiger partial charge in [0.15, 0.2) is 0 Å². The van der Waals surface area contributed by atoms with Crippen LogP contribution in [0.25, 0.3) is 0 Å². The molecule has 0 unspecified atom stereocenters. The monoisotopic (exact) mass is 263 g/mol. The molecule has 4 N–H and O–H groups in total. The first-order valence-electron chi connectivity index (χ1n) is 6.69. The minimum atomic E-state index is -0.311. The van der Waals surface area contributed by atoms with Crippen LogP contribution in [-0.2, 0) is 0 Å². The molecule has 0 aliphatic heterocycles. The Labute approximate surface area is 115 Å². The molecule has 0 radical (unpaired) electrons. The molecule has 1 aromatic rings. The molecule has 19 heavy (non-hydrogen) atoms. The van der Waals surface area contributed by atoms with E-state index in [0.717, 1.165) is 18.7 Å². The highest BCUT2D eigenvalue weighted by Crippen LogP contribution is 2.25. The third-order valence-electron chi connectivity index (χ3n) is 3.45. The van der Waals surface area contributed by atoms with Crippen molar-refractivity contribution in [3.8, 4) is 0 Å². The molecule has 0 aliphatic rings. The van der Waals surface area contributed by atoms with Gasteiger partial charge in [-0.25, -0.2) is 0 Å². The van der Waals surface area contributed by atoms with E-state index in [1.54, 1.807) is 0 Å². The van der Waals surface area contributed by atoms with E-state index in [9.17, 15) is 0 Å². The number of amidine groups is 1. The van der Waals surface area contributed by atoms with Crippen LogP contribution in [0.2, 0.25) is 0 Å². The lowest BCUT2D eigenvalue weighted by Gasteiger charge is -2.23. The molecule has 0 amide bonds. The number of nitrogens with one attached hydrogen (secondary N) is 1. The van der Waals surface area contributed by atoms with E-state index in [0.29, 0.717) is 5.92 Å². The number of nitrogens with two attached hydrogens (primary N) is 1. The number of rotatable bonds is 6. The summed E-state index contributed by atoms with van der Waals surface area (Å²) in [6.07, 6.45) is 0.801. The molecule has 1 rings (SSSR count). The Morgan fingerprint density at radius 1 is 1.37 bits per heavy atom. The van der Waals surface area contributed by atoms with E-state index in [-0.39, 0.29) is 11.3 Å². The molecule has 0 aromatic heterocycles. The van der Waals surface area contributed by atoms with Gasteiger partial charge < -0.3 is 16.3 Å². The third-order valence-corrected chi connectivity index (χ3v) is 3.45. The maximum atomic E-state index is 8.75. The third kappa shape index (κ3) is 4.16. The zero-order chi connectivity index (χ0) is 14.5. The van der Waals surface area contributed by atoms with Crippen molar-refractivity contribution < 1.29 is 5.21 Å². The fourth-order valence-electron chi connectivity index (χ4n) is 1.93. The van der Waals surface area contributed by atoms with Gasteiger partial charge in [0, 0.05) is 17.6 Å². The fourth-order valence-corrected chi connectivity index (χ4v) is 1.93. The standard InChI is InChI=1S/C15H25N3O/c1-11(2)12-7-5-6-8-13(12)17-10-9-15(3,4)14(16)18-19/h5-8,11,17,19H,9-10H2,1-4H3,(H2,16,18). The second-order valence-corrected chi connectivity index (χ2v) is 5.79. The fraction of sp³-hybridized carbons (Fsp3) is 0.533. The predicted octanol–water partition coefficient (Wildman–Crippen LogP) is 3.38. The van der Waals surface area contributed by atoms with Crippen molar-refractivity contribution in [2.75, 3.05) is 11.9 Å². The highest BCUT2D eigenvalue weighted by molar-refractivity contribution is 5.85. The number of oxime groups is 1. The lowest BCUT2D eigenvalue weighted by molar-refractivity contribution is 0.306. The van der Waals surface area contributed by atoms with Crippen molar-refractivity contribution in [1.29, 1.82) is 0 Å². The van der Waals surface area contributed by atoms with Crippen LogP contribution in [0.15, 0.2) is 29.4 Å². The largest absolute Gasteiger partial charge is 0.409 e. The maximum absolute atomic E-state index is 8.75. The van der Waals surface area contributed by atoms with Gasteiger partial charge in [-0.3, -0.25) is 0 Å². The van der Waals surface area contributed by atoms with E-state index < -0.39 is 0 Å². The number of hydrogen-bond acceptors (Lipinski definition) is 3. The van der Waals surface area contributed by atoms with Crippen LogP contribution in [0, 0.1) is 5.41 Å². The number of hydrogen-bond donors (Lipinski definition) is 3. The molecular formula is C15H25N3O. The Hall–Kier alpha value is -1.71. The van der Waals surface area contributed by atoms with Crippen LogP contribution in [0.1, 0.15) is 45.6 Å². The van der Waals surface area contributed by atoms with Gasteiger partial charge in [0.05, 0.1) is 0 Å². The van der Waals surface area contributed by atoms with Crippen molar-refractivity contribution in [3.05, 3.63) is 29.8 Å². The highest BCUT2D eigenvalue weighted by atomic mass is 16.4. The van der Waals surface area contributed by atoms with Gasteiger partial charge in [-0.1, -0.05) is 51.0 Å². The topological polar surface area (TPSA) is 70.6 Å². The summed E-state index contributed by atoms with van der Waals surface area (Å²) in [5.41, 5.74) is 7.84. The molecule has 0 heterocycles. The Morgan fingerprint density at radius 2 is 2.00 bits per heavy atom. The predicted molar refractivity (Wildman–Crippen MR) is 80.8 cm³/mol. The van der Waals surface area contributed by atoms with Crippen LogP contribution in [-0.4, -0.2) is 17.6 Å². The SMILES string of the molecule is CC(C)c1ccccc1NCCC(C)(C)C(N)=NO. The van der Waals surface area contributed by atoms with Gasteiger partial charge in [-0.05, 0) is 24.0 Å². The van der Waals surface area contributed by atoms with E-state index in [1.807, 2.05) is 19.9 Å². The summed E-state index contributed by atoms with van der Waals surface area (Å²) in [6, 6.07) is 8.32. The molecule has 1 aromatic carbocycles. The molecule has 0 aliphatic carbocycles. The number of benzene rings is 1. The minimum Gasteiger partial charge on any atom is -0.409 e. The van der Waals surface area contributed by atoms with Crippen molar-refractivity contribution in [1.82, 2.24) is 0 Å². The van der Waals surface area contributed by atoms with Crippen LogP contribution < -0.4 is 11.1 Å². The second kappa shape index (κ2) is 6.45. The quantitative estimate of drug-likeness (QED) is 0.319. The number of anilines is 1. The Kier molecular flexibility index (Phi) is 5.21. The smallest absolute Gasteiger partial charge is 0.144 e.